The van der Waals surface area contributed by atoms with E-state index in [0.29, 0.717) is 0 Å². The van der Waals surface area contributed by atoms with Gasteiger partial charge in [-0.1, -0.05) is 30.9 Å². The highest BCUT2D eigenvalue weighted by Gasteiger charge is 2.04. The van der Waals surface area contributed by atoms with Gasteiger partial charge in [0.15, 0.2) is 0 Å². The molecule has 0 saturated heterocycles. The smallest absolute Gasteiger partial charge is 0.0193 e. The van der Waals surface area contributed by atoms with Crippen LogP contribution in [0.25, 0.3) is 6.08 Å². The molecule has 0 aliphatic carbocycles. The number of rotatable bonds is 2. The maximum absolute atomic E-state index is 3.69. The maximum atomic E-state index is 3.69. The van der Waals surface area contributed by atoms with Crippen molar-refractivity contribution >= 4 is 6.08 Å². The third kappa shape index (κ3) is 1.95. The van der Waals surface area contributed by atoms with Crippen molar-refractivity contribution in [3.63, 3.8) is 0 Å². The fourth-order valence-corrected chi connectivity index (χ4v) is 1.66. The van der Waals surface area contributed by atoms with E-state index in [4.69, 9.17) is 0 Å². The normalized spacial score (nSPS) is 10.9. The van der Waals surface area contributed by atoms with E-state index in [1.165, 1.54) is 27.8 Å². The van der Waals surface area contributed by atoms with E-state index < -0.39 is 0 Å². The fourth-order valence-electron chi connectivity index (χ4n) is 1.66. The van der Waals surface area contributed by atoms with Crippen LogP contribution in [0.1, 0.15) is 27.8 Å². The van der Waals surface area contributed by atoms with Gasteiger partial charge in [-0.05, 0) is 55.5 Å². The fraction of sp³-hybridized carbons (Fsp3) is 0.286. The first-order valence-electron chi connectivity index (χ1n) is 4.94. The average Bonchev–Trinajstić information content (AvgIpc) is 2.15. The topological polar surface area (TPSA) is 0 Å². The molecular formula is C14H18. The summed E-state index contributed by atoms with van der Waals surface area (Å²) in [7, 11) is 0. The van der Waals surface area contributed by atoms with Gasteiger partial charge < -0.3 is 0 Å². The molecule has 0 bridgehead atoms. The highest BCUT2D eigenvalue weighted by molar-refractivity contribution is 5.62. The number of aryl methyl sites for hydroxylation is 2. The summed E-state index contributed by atoms with van der Waals surface area (Å²) in [4.78, 5) is 0. The van der Waals surface area contributed by atoms with E-state index in [-0.39, 0.29) is 0 Å². The van der Waals surface area contributed by atoms with E-state index in [0.717, 1.165) is 0 Å². The van der Waals surface area contributed by atoms with E-state index in [2.05, 4.69) is 46.4 Å². The van der Waals surface area contributed by atoms with Crippen molar-refractivity contribution in [1.82, 2.24) is 0 Å². The highest BCUT2D eigenvalue weighted by Crippen LogP contribution is 2.22. The standard InChI is InChI=1S/C14H18/c1-6-7-8-14-12(4)10(2)9-11(3)13(14)5/h6-9H,1H2,2-5H3/b8-7-. The van der Waals surface area contributed by atoms with Crippen molar-refractivity contribution in [2.45, 2.75) is 27.7 Å². The molecule has 0 saturated carbocycles. The van der Waals surface area contributed by atoms with E-state index in [9.17, 15) is 0 Å². The Balaban J connectivity index is 3.38. The monoisotopic (exact) mass is 186 g/mol. The van der Waals surface area contributed by atoms with Gasteiger partial charge in [0.2, 0.25) is 0 Å². The van der Waals surface area contributed by atoms with Gasteiger partial charge in [-0.25, -0.2) is 0 Å². The second-order valence-corrected chi connectivity index (χ2v) is 3.77. The Hall–Kier alpha value is -1.30. The van der Waals surface area contributed by atoms with Crippen LogP contribution in [0.5, 0.6) is 0 Å². The molecule has 0 aliphatic rings. The van der Waals surface area contributed by atoms with Crippen LogP contribution in [0, 0.1) is 27.7 Å². The minimum Gasteiger partial charge on any atom is -0.0991 e. The van der Waals surface area contributed by atoms with Gasteiger partial charge in [-0.3, -0.25) is 0 Å². The quantitative estimate of drug-likeness (QED) is 0.609. The third-order valence-corrected chi connectivity index (χ3v) is 2.82. The Kier molecular flexibility index (Phi) is 3.29. The number of allylic oxidation sites excluding steroid dienone is 2. The van der Waals surface area contributed by atoms with Crippen molar-refractivity contribution in [3.8, 4) is 0 Å². The summed E-state index contributed by atoms with van der Waals surface area (Å²) >= 11 is 0. The molecule has 0 heteroatoms. The first kappa shape index (κ1) is 10.8. The van der Waals surface area contributed by atoms with Crippen molar-refractivity contribution in [2.75, 3.05) is 0 Å². The van der Waals surface area contributed by atoms with E-state index >= 15 is 0 Å². The molecule has 1 aromatic carbocycles. The lowest BCUT2D eigenvalue weighted by atomic mass is 9.94. The number of hydrogen-bond acceptors (Lipinski definition) is 0. The third-order valence-electron chi connectivity index (χ3n) is 2.82. The molecule has 0 aromatic heterocycles. The summed E-state index contributed by atoms with van der Waals surface area (Å²) in [6.07, 6.45) is 5.95. The molecule has 0 unspecified atom stereocenters. The van der Waals surface area contributed by atoms with Crippen LogP contribution in [0.15, 0.2) is 24.8 Å². The van der Waals surface area contributed by atoms with Gasteiger partial charge in [0, 0.05) is 0 Å². The number of hydrogen-bond donors (Lipinski definition) is 0. The molecule has 1 rings (SSSR count). The number of benzene rings is 1. The zero-order chi connectivity index (χ0) is 10.7. The second kappa shape index (κ2) is 4.28. The van der Waals surface area contributed by atoms with E-state index in [1.54, 1.807) is 0 Å². The molecular weight excluding hydrogens is 168 g/mol. The van der Waals surface area contributed by atoms with Gasteiger partial charge >= 0.3 is 0 Å². The van der Waals surface area contributed by atoms with Crippen LogP contribution in [0.2, 0.25) is 0 Å². The highest BCUT2D eigenvalue weighted by atomic mass is 14.1. The van der Waals surface area contributed by atoms with Crippen LogP contribution in [0.3, 0.4) is 0 Å². The zero-order valence-corrected chi connectivity index (χ0v) is 9.52. The summed E-state index contributed by atoms with van der Waals surface area (Å²) in [5, 5.41) is 0. The minimum atomic E-state index is 1.34. The summed E-state index contributed by atoms with van der Waals surface area (Å²) in [5.41, 5.74) is 6.79. The first-order valence-corrected chi connectivity index (χ1v) is 4.94. The van der Waals surface area contributed by atoms with Crippen molar-refractivity contribution in [1.29, 1.82) is 0 Å². The molecule has 1 aromatic rings. The van der Waals surface area contributed by atoms with Crippen LogP contribution >= 0.6 is 0 Å². The van der Waals surface area contributed by atoms with Crippen molar-refractivity contribution in [2.24, 2.45) is 0 Å². The molecule has 0 atom stereocenters. The summed E-state index contributed by atoms with van der Waals surface area (Å²) in [6.45, 7) is 12.4. The van der Waals surface area contributed by atoms with Crippen LogP contribution in [0.4, 0.5) is 0 Å². The maximum Gasteiger partial charge on any atom is -0.0193 e. The van der Waals surface area contributed by atoms with Gasteiger partial charge in [0.1, 0.15) is 0 Å². The molecule has 0 heterocycles. The molecule has 0 spiro atoms. The van der Waals surface area contributed by atoms with Crippen LogP contribution in [-0.2, 0) is 0 Å². The predicted octanol–water partition coefficient (Wildman–Crippen LogP) is 4.12. The molecule has 14 heavy (non-hydrogen) atoms. The van der Waals surface area contributed by atoms with Crippen LogP contribution < -0.4 is 0 Å². The lowest BCUT2D eigenvalue weighted by Crippen LogP contribution is -1.93. The molecule has 74 valence electrons. The molecule has 0 fully saturated rings. The summed E-state index contributed by atoms with van der Waals surface area (Å²) in [6, 6.07) is 2.25. The van der Waals surface area contributed by atoms with Gasteiger partial charge in [0.25, 0.3) is 0 Å². The van der Waals surface area contributed by atoms with Gasteiger partial charge in [-0.15, -0.1) is 0 Å². The Labute approximate surface area is 87.0 Å². The van der Waals surface area contributed by atoms with Crippen molar-refractivity contribution in [3.05, 3.63) is 52.6 Å². The lowest BCUT2D eigenvalue weighted by Gasteiger charge is -2.11. The Morgan fingerprint density at radius 3 is 1.93 bits per heavy atom. The Morgan fingerprint density at radius 2 is 1.50 bits per heavy atom. The Morgan fingerprint density at radius 1 is 1.00 bits per heavy atom. The predicted molar refractivity (Wildman–Crippen MR) is 64.6 cm³/mol. The van der Waals surface area contributed by atoms with Gasteiger partial charge in [0.05, 0.1) is 0 Å². The van der Waals surface area contributed by atoms with Gasteiger partial charge in [-0.2, -0.15) is 0 Å². The summed E-state index contributed by atoms with van der Waals surface area (Å²) < 4.78 is 0. The molecule has 0 amide bonds. The molecule has 0 N–H and O–H groups in total. The summed E-state index contributed by atoms with van der Waals surface area (Å²) in [5.74, 6) is 0. The lowest BCUT2D eigenvalue weighted by molar-refractivity contribution is 1.23. The Bertz CT molecular complexity index is 355. The SMILES string of the molecule is C=C/C=C\c1c(C)c(C)cc(C)c1C. The average molecular weight is 186 g/mol. The van der Waals surface area contributed by atoms with E-state index in [1.807, 2.05) is 12.2 Å². The first-order chi connectivity index (χ1) is 6.57. The van der Waals surface area contributed by atoms with Crippen molar-refractivity contribution < 1.29 is 0 Å². The molecule has 0 aliphatic heterocycles. The largest absolute Gasteiger partial charge is 0.0991 e. The van der Waals surface area contributed by atoms with Crippen LogP contribution in [-0.4, -0.2) is 0 Å². The zero-order valence-electron chi connectivity index (χ0n) is 9.52. The molecule has 0 nitrogen and oxygen atoms in total. The molecule has 0 radical (unpaired) electrons. The minimum absolute atomic E-state index is 1.34. The second-order valence-electron chi connectivity index (χ2n) is 3.77.